The van der Waals surface area contributed by atoms with Gasteiger partial charge in [0, 0.05) is 25.9 Å². The zero-order valence-corrected chi connectivity index (χ0v) is 27.6. The van der Waals surface area contributed by atoms with Crippen LogP contribution >= 0.6 is 0 Å². The Hall–Kier alpha value is -3.42. The normalized spacial score (nSPS) is 13.4. The molecule has 0 bridgehead atoms. The van der Waals surface area contributed by atoms with Crippen molar-refractivity contribution in [2.45, 2.75) is 58.4 Å². The second kappa shape index (κ2) is 15.0. The molecule has 4 aromatic carbocycles. The van der Waals surface area contributed by atoms with Gasteiger partial charge >= 0.3 is 8.80 Å². The lowest BCUT2D eigenvalue weighted by Crippen LogP contribution is -2.46. The molecule has 0 fully saturated rings. The maximum absolute atomic E-state index is 6.23. The minimum Gasteiger partial charge on any atom is -0.494 e. The fourth-order valence-electron chi connectivity index (χ4n) is 6.44. The van der Waals surface area contributed by atoms with Crippen molar-refractivity contribution < 1.29 is 22.8 Å². The molecule has 6 heteroatoms. The van der Waals surface area contributed by atoms with E-state index in [1.54, 1.807) is 0 Å². The molecular weight excluding hydrogens is 564 g/mol. The number of unbranched alkanes of at least 4 members (excludes halogenated alkanes) is 1. The summed E-state index contributed by atoms with van der Waals surface area (Å²) in [6.45, 7) is 11.2. The van der Waals surface area contributed by atoms with Crippen molar-refractivity contribution in [1.82, 2.24) is 0 Å². The van der Waals surface area contributed by atoms with E-state index in [4.69, 9.17) is 22.8 Å². The molecule has 1 aliphatic rings. The maximum Gasteiger partial charge on any atom is 0.501 e. The molecule has 232 valence electrons. The summed E-state index contributed by atoms with van der Waals surface area (Å²) in [5.74, 6) is 1.75. The van der Waals surface area contributed by atoms with E-state index in [0.717, 1.165) is 43.4 Å². The van der Waals surface area contributed by atoms with E-state index in [-0.39, 0.29) is 0 Å². The first-order valence-corrected chi connectivity index (χ1v) is 18.1. The number of ether oxygens (including phenoxy) is 2. The van der Waals surface area contributed by atoms with Crippen LogP contribution < -0.4 is 9.47 Å². The van der Waals surface area contributed by atoms with Crippen molar-refractivity contribution in [3.05, 3.63) is 119 Å². The highest BCUT2D eigenvalue weighted by molar-refractivity contribution is 6.60. The molecule has 0 heterocycles. The Kier molecular flexibility index (Phi) is 10.9. The molecule has 0 saturated heterocycles. The van der Waals surface area contributed by atoms with Crippen molar-refractivity contribution >= 4 is 8.80 Å². The smallest absolute Gasteiger partial charge is 0.494 e. The summed E-state index contributed by atoms with van der Waals surface area (Å²) in [5.41, 5.74) is 7.10. The van der Waals surface area contributed by atoms with Gasteiger partial charge in [-0.1, -0.05) is 86.1 Å². The van der Waals surface area contributed by atoms with E-state index < -0.39 is 14.2 Å². The molecule has 0 spiro atoms. The average Bonchev–Trinajstić information content (AvgIpc) is 3.36. The summed E-state index contributed by atoms with van der Waals surface area (Å²) in [7, 11) is -2.68. The monoisotopic (exact) mass is 610 g/mol. The summed E-state index contributed by atoms with van der Waals surface area (Å²) < 4.78 is 30.3. The van der Waals surface area contributed by atoms with Gasteiger partial charge in [-0.15, -0.1) is 0 Å². The molecule has 4 aromatic rings. The molecule has 5 rings (SSSR count). The third-order valence-corrected chi connectivity index (χ3v) is 11.4. The minimum atomic E-state index is -2.68. The number of fused-ring (bicyclic) bond motifs is 3. The van der Waals surface area contributed by atoms with Gasteiger partial charge in [-0.25, -0.2) is 0 Å². The predicted molar refractivity (Wildman–Crippen MR) is 180 cm³/mol. The van der Waals surface area contributed by atoms with Crippen molar-refractivity contribution in [2.24, 2.45) is 0 Å². The van der Waals surface area contributed by atoms with Gasteiger partial charge in [0.15, 0.2) is 0 Å². The van der Waals surface area contributed by atoms with E-state index in [0.29, 0.717) is 26.4 Å². The topological polar surface area (TPSA) is 46.2 Å². The minimum absolute atomic E-state index is 0.453. The van der Waals surface area contributed by atoms with E-state index in [9.17, 15) is 0 Å². The Morgan fingerprint density at radius 3 is 1.39 bits per heavy atom. The lowest BCUT2D eigenvalue weighted by Gasteiger charge is -2.34. The van der Waals surface area contributed by atoms with Crippen LogP contribution in [0.2, 0.25) is 6.04 Å². The molecule has 0 amide bonds. The highest BCUT2D eigenvalue weighted by atomic mass is 28.4. The molecule has 0 unspecified atom stereocenters. The van der Waals surface area contributed by atoms with Crippen LogP contribution in [0.5, 0.6) is 11.5 Å². The van der Waals surface area contributed by atoms with Gasteiger partial charge in [-0.3, -0.25) is 0 Å². The second-order valence-corrected chi connectivity index (χ2v) is 13.8. The van der Waals surface area contributed by atoms with Gasteiger partial charge in [0.1, 0.15) is 11.5 Å². The number of hydrogen-bond donors (Lipinski definition) is 0. The molecule has 0 N–H and O–H groups in total. The second-order valence-electron chi connectivity index (χ2n) is 11.0. The molecule has 44 heavy (non-hydrogen) atoms. The van der Waals surface area contributed by atoms with Gasteiger partial charge in [0.2, 0.25) is 0 Å². The first kappa shape index (κ1) is 32.0. The van der Waals surface area contributed by atoms with Crippen molar-refractivity contribution in [1.29, 1.82) is 0 Å². The van der Waals surface area contributed by atoms with E-state index in [1.165, 1.54) is 33.4 Å². The van der Waals surface area contributed by atoms with Gasteiger partial charge in [0.05, 0.1) is 18.6 Å². The summed E-state index contributed by atoms with van der Waals surface area (Å²) >= 11 is 0. The number of hydrogen-bond acceptors (Lipinski definition) is 5. The Morgan fingerprint density at radius 2 is 0.955 bits per heavy atom. The SMILES string of the molecule is CCCCOc1ccc(C2(c3ccc(OCCC[Si](OCC)(OCC)OCC)cc3)c3ccccc3-c3ccccc32)cc1. The lowest BCUT2D eigenvalue weighted by molar-refractivity contribution is 0.0696. The van der Waals surface area contributed by atoms with Gasteiger partial charge < -0.3 is 22.8 Å². The predicted octanol–water partition coefficient (Wildman–Crippen LogP) is 9.05. The highest BCUT2D eigenvalue weighted by Gasteiger charge is 2.46. The summed E-state index contributed by atoms with van der Waals surface area (Å²) in [5, 5.41) is 0. The third-order valence-electron chi connectivity index (χ3n) is 8.28. The summed E-state index contributed by atoms with van der Waals surface area (Å²) in [6, 6.07) is 35.7. The van der Waals surface area contributed by atoms with E-state index >= 15 is 0 Å². The Labute approximate surface area is 264 Å². The highest BCUT2D eigenvalue weighted by Crippen LogP contribution is 2.56. The van der Waals surface area contributed by atoms with Crippen LogP contribution in [-0.2, 0) is 18.7 Å². The van der Waals surface area contributed by atoms with Crippen LogP contribution in [0.4, 0.5) is 0 Å². The van der Waals surface area contributed by atoms with Crippen molar-refractivity contribution in [2.75, 3.05) is 33.0 Å². The number of rotatable bonds is 17. The summed E-state index contributed by atoms with van der Waals surface area (Å²) in [4.78, 5) is 0. The van der Waals surface area contributed by atoms with Crippen LogP contribution in [-0.4, -0.2) is 41.8 Å². The third kappa shape index (κ3) is 6.50. The van der Waals surface area contributed by atoms with Gasteiger partial charge in [-0.05, 0) is 91.3 Å². The van der Waals surface area contributed by atoms with Crippen LogP contribution in [0.15, 0.2) is 97.1 Å². The molecule has 0 radical (unpaired) electrons. The Morgan fingerprint density at radius 1 is 0.523 bits per heavy atom. The van der Waals surface area contributed by atoms with Crippen LogP contribution in [0.3, 0.4) is 0 Å². The van der Waals surface area contributed by atoms with Crippen LogP contribution in [0.1, 0.15) is 69.2 Å². The molecule has 0 aliphatic heterocycles. The van der Waals surface area contributed by atoms with E-state index in [2.05, 4.69) is 104 Å². The zero-order valence-electron chi connectivity index (χ0n) is 26.6. The molecular formula is C38H46O5Si. The summed E-state index contributed by atoms with van der Waals surface area (Å²) in [6.07, 6.45) is 2.96. The van der Waals surface area contributed by atoms with Crippen LogP contribution in [0.25, 0.3) is 11.1 Å². The standard InChI is InChI=1S/C38H46O5Si/c1-5-9-27-39-32-23-19-30(20-24-32)38(36-17-12-10-15-34(36)35-16-11-13-18-37(35)38)31-21-25-33(26-22-31)40-28-14-29-44(41-6-2,42-7-3)43-8-4/h10-13,15-26H,5-9,14,27-29H2,1-4H3. The fourth-order valence-corrected chi connectivity index (χ4v) is 9.02. The van der Waals surface area contributed by atoms with Gasteiger partial charge in [0.25, 0.3) is 0 Å². The molecule has 1 aliphatic carbocycles. The zero-order chi connectivity index (χ0) is 30.8. The number of benzene rings is 4. The molecule has 0 atom stereocenters. The van der Waals surface area contributed by atoms with Gasteiger partial charge in [-0.2, -0.15) is 0 Å². The first-order chi connectivity index (χ1) is 21.6. The molecule has 5 nitrogen and oxygen atoms in total. The molecule has 0 saturated carbocycles. The quantitative estimate of drug-likeness (QED) is 0.0776. The van der Waals surface area contributed by atoms with E-state index in [1.807, 2.05) is 20.8 Å². The first-order valence-electron chi connectivity index (χ1n) is 16.2. The Bertz CT molecular complexity index is 1410. The lowest BCUT2D eigenvalue weighted by atomic mass is 9.68. The Balaban J connectivity index is 1.43. The fraction of sp³-hybridized carbons (Fsp3) is 0.368. The molecule has 0 aromatic heterocycles. The average molecular weight is 611 g/mol. The van der Waals surface area contributed by atoms with Crippen LogP contribution in [0, 0.1) is 0 Å². The van der Waals surface area contributed by atoms with Crippen molar-refractivity contribution in [3.63, 3.8) is 0 Å². The van der Waals surface area contributed by atoms with Crippen molar-refractivity contribution in [3.8, 4) is 22.6 Å². The largest absolute Gasteiger partial charge is 0.501 e. The maximum atomic E-state index is 6.23.